The number of hydrogen-bond donors (Lipinski definition) is 1. The number of aromatic nitrogens is 2. The van der Waals surface area contributed by atoms with Crippen LogP contribution in [0.4, 0.5) is 5.69 Å². The van der Waals surface area contributed by atoms with Crippen molar-refractivity contribution in [2.45, 2.75) is 37.7 Å². The minimum Gasteiger partial charge on any atom is -0.385 e. The number of nitrogens with one attached hydrogen (secondary N) is 1. The Bertz CT molecular complexity index is 646. The molecule has 0 spiro atoms. The standard InChI is InChI=1S/C16H19N3O2/c1-16(8-4-10-20-16)15-18-14(21-19-15)12-7-9-17-13-6-3-2-5-11(12)13/h2-3,5-6,12,17H,4,7-10H2,1H3. The van der Waals surface area contributed by atoms with E-state index in [0.29, 0.717) is 11.7 Å². The van der Waals surface area contributed by atoms with Crippen LogP contribution in [-0.2, 0) is 10.3 Å². The van der Waals surface area contributed by atoms with Crippen LogP contribution < -0.4 is 5.32 Å². The number of fused-ring (bicyclic) bond motifs is 1. The molecule has 1 aromatic carbocycles. The molecule has 1 aromatic heterocycles. The summed E-state index contributed by atoms with van der Waals surface area (Å²) < 4.78 is 11.4. The molecule has 2 aromatic rings. The number of para-hydroxylation sites is 1. The lowest BCUT2D eigenvalue weighted by Gasteiger charge is -2.24. The average molecular weight is 285 g/mol. The third-order valence-electron chi connectivity index (χ3n) is 4.52. The lowest BCUT2D eigenvalue weighted by molar-refractivity contribution is 0.00768. The van der Waals surface area contributed by atoms with Gasteiger partial charge < -0.3 is 14.6 Å². The first-order valence-electron chi connectivity index (χ1n) is 7.57. The topological polar surface area (TPSA) is 60.2 Å². The van der Waals surface area contributed by atoms with E-state index < -0.39 is 0 Å². The molecular weight excluding hydrogens is 266 g/mol. The van der Waals surface area contributed by atoms with Crippen LogP contribution in [0.2, 0.25) is 0 Å². The molecule has 0 saturated carbocycles. The van der Waals surface area contributed by atoms with Gasteiger partial charge in [0.05, 0.1) is 5.92 Å². The molecule has 2 unspecified atom stereocenters. The van der Waals surface area contributed by atoms with E-state index in [1.165, 1.54) is 5.56 Å². The summed E-state index contributed by atoms with van der Waals surface area (Å²) in [6.45, 7) is 3.74. The molecule has 1 fully saturated rings. The quantitative estimate of drug-likeness (QED) is 0.919. The predicted molar refractivity (Wildman–Crippen MR) is 78.2 cm³/mol. The minimum atomic E-state index is -0.381. The van der Waals surface area contributed by atoms with Gasteiger partial charge in [-0.3, -0.25) is 0 Å². The summed E-state index contributed by atoms with van der Waals surface area (Å²) in [5, 5.41) is 7.60. The molecule has 2 atom stereocenters. The van der Waals surface area contributed by atoms with Gasteiger partial charge in [-0.2, -0.15) is 4.98 Å². The van der Waals surface area contributed by atoms with E-state index in [-0.39, 0.29) is 11.5 Å². The lowest BCUT2D eigenvalue weighted by Crippen LogP contribution is -2.22. The van der Waals surface area contributed by atoms with Crippen LogP contribution in [0.25, 0.3) is 0 Å². The number of anilines is 1. The molecule has 0 amide bonds. The second-order valence-electron chi connectivity index (χ2n) is 5.99. The van der Waals surface area contributed by atoms with Crippen LogP contribution >= 0.6 is 0 Å². The van der Waals surface area contributed by atoms with Crippen LogP contribution in [0.15, 0.2) is 28.8 Å². The van der Waals surface area contributed by atoms with E-state index in [0.717, 1.165) is 38.1 Å². The molecule has 1 saturated heterocycles. The number of ether oxygens (including phenoxy) is 1. The summed E-state index contributed by atoms with van der Waals surface area (Å²) in [6.07, 6.45) is 2.97. The van der Waals surface area contributed by atoms with Crippen LogP contribution in [0.5, 0.6) is 0 Å². The van der Waals surface area contributed by atoms with Gasteiger partial charge in [-0.25, -0.2) is 0 Å². The van der Waals surface area contributed by atoms with Crippen molar-refractivity contribution in [3.8, 4) is 0 Å². The van der Waals surface area contributed by atoms with Gasteiger partial charge in [-0.05, 0) is 37.8 Å². The number of hydrogen-bond acceptors (Lipinski definition) is 5. The van der Waals surface area contributed by atoms with E-state index in [1.54, 1.807) is 0 Å². The normalized spacial score (nSPS) is 28.1. The van der Waals surface area contributed by atoms with Gasteiger partial charge in [0.15, 0.2) is 0 Å². The summed E-state index contributed by atoms with van der Waals surface area (Å²) in [5.74, 6) is 1.57. The van der Waals surface area contributed by atoms with Gasteiger partial charge in [-0.1, -0.05) is 23.4 Å². The van der Waals surface area contributed by atoms with Crippen LogP contribution in [-0.4, -0.2) is 23.3 Å². The first-order valence-corrected chi connectivity index (χ1v) is 7.57. The van der Waals surface area contributed by atoms with E-state index in [9.17, 15) is 0 Å². The fourth-order valence-electron chi connectivity index (χ4n) is 3.27. The average Bonchev–Trinajstić information content (AvgIpc) is 3.16. The molecule has 5 nitrogen and oxygen atoms in total. The van der Waals surface area contributed by atoms with Crippen molar-refractivity contribution in [2.24, 2.45) is 0 Å². The SMILES string of the molecule is CC1(c2noc(C3CCNc4ccccc43)n2)CCCO1. The van der Waals surface area contributed by atoms with E-state index in [2.05, 4.69) is 33.7 Å². The Morgan fingerprint density at radius 3 is 3.10 bits per heavy atom. The van der Waals surface area contributed by atoms with Crippen LogP contribution in [0.1, 0.15) is 49.4 Å². The van der Waals surface area contributed by atoms with Gasteiger partial charge in [0.25, 0.3) is 0 Å². The Hall–Kier alpha value is -1.88. The van der Waals surface area contributed by atoms with Crippen LogP contribution in [0.3, 0.4) is 0 Å². The van der Waals surface area contributed by atoms with Crippen molar-refractivity contribution in [3.05, 3.63) is 41.5 Å². The first kappa shape index (κ1) is 12.8. The molecule has 21 heavy (non-hydrogen) atoms. The summed E-state index contributed by atoms with van der Waals surface area (Å²) in [5.41, 5.74) is 2.02. The van der Waals surface area contributed by atoms with Gasteiger partial charge >= 0.3 is 0 Å². The Kier molecular flexibility index (Phi) is 2.96. The Labute approximate surface area is 123 Å². The van der Waals surface area contributed by atoms with E-state index in [4.69, 9.17) is 9.26 Å². The van der Waals surface area contributed by atoms with Gasteiger partial charge in [-0.15, -0.1) is 0 Å². The zero-order valence-corrected chi connectivity index (χ0v) is 12.1. The van der Waals surface area contributed by atoms with Crippen molar-refractivity contribution >= 4 is 5.69 Å². The largest absolute Gasteiger partial charge is 0.385 e. The maximum absolute atomic E-state index is 5.80. The van der Waals surface area contributed by atoms with E-state index >= 15 is 0 Å². The highest BCUT2D eigenvalue weighted by Crippen LogP contribution is 2.38. The third kappa shape index (κ3) is 2.12. The first-order chi connectivity index (χ1) is 10.3. The van der Waals surface area contributed by atoms with Gasteiger partial charge in [0.2, 0.25) is 11.7 Å². The Morgan fingerprint density at radius 2 is 2.24 bits per heavy atom. The second-order valence-corrected chi connectivity index (χ2v) is 5.99. The summed E-state index contributed by atoms with van der Waals surface area (Å²) in [7, 11) is 0. The van der Waals surface area contributed by atoms with Crippen LogP contribution in [0, 0.1) is 0 Å². The van der Waals surface area contributed by atoms with E-state index in [1.807, 2.05) is 13.0 Å². The number of nitrogens with zero attached hydrogens (tertiary/aromatic N) is 2. The van der Waals surface area contributed by atoms with Gasteiger partial charge in [0.1, 0.15) is 5.60 Å². The molecule has 2 aliphatic heterocycles. The number of rotatable bonds is 2. The fourth-order valence-corrected chi connectivity index (χ4v) is 3.27. The van der Waals surface area contributed by atoms with Crippen molar-refractivity contribution < 1.29 is 9.26 Å². The molecule has 5 heteroatoms. The smallest absolute Gasteiger partial charge is 0.234 e. The number of benzene rings is 1. The monoisotopic (exact) mass is 285 g/mol. The molecular formula is C16H19N3O2. The van der Waals surface area contributed by atoms with Crippen molar-refractivity contribution in [2.75, 3.05) is 18.5 Å². The maximum Gasteiger partial charge on any atom is 0.234 e. The molecule has 0 radical (unpaired) electrons. The maximum atomic E-state index is 5.80. The predicted octanol–water partition coefficient (Wildman–Crippen LogP) is 3.04. The molecule has 1 N–H and O–H groups in total. The highest BCUT2D eigenvalue weighted by molar-refractivity contribution is 5.56. The summed E-state index contributed by atoms with van der Waals surface area (Å²) in [4.78, 5) is 4.66. The Morgan fingerprint density at radius 1 is 1.33 bits per heavy atom. The van der Waals surface area contributed by atoms with Gasteiger partial charge in [0, 0.05) is 18.8 Å². The molecule has 0 bridgehead atoms. The summed E-state index contributed by atoms with van der Waals surface area (Å²) in [6, 6.07) is 8.32. The molecule has 110 valence electrons. The van der Waals surface area contributed by atoms with Crippen molar-refractivity contribution in [3.63, 3.8) is 0 Å². The fraction of sp³-hybridized carbons (Fsp3) is 0.500. The highest BCUT2D eigenvalue weighted by atomic mass is 16.5. The second kappa shape index (κ2) is 4.84. The molecule has 3 heterocycles. The summed E-state index contributed by atoms with van der Waals surface area (Å²) >= 11 is 0. The molecule has 0 aliphatic carbocycles. The molecule has 2 aliphatic rings. The minimum absolute atomic E-state index is 0.175. The molecule has 4 rings (SSSR count). The third-order valence-corrected chi connectivity index (χ3v) is 4.52. The Balaban J connectivity index is 1.68. The lowest BCUT2D eigenvalue weighted by atomic mass is 9.91. The highest BCUT2D eigenvalue weighted by Gasteiger charge is 2.38. The zero-order chi connectivity index (χ0) is 14.3. The van der Waals surface area contributed by atoms with Crippen molar-refractivity contribution in [1.29, 1.82) is 0 Å². The zero-order valence-electron chi connectivity index (χ0n) is 12.1. The van der Waals surface area contributed by atoms with Crippen molar-refractivity contribution in [1.82, 2.24) is 10.1 Å².